The second-order valence-corrected chi connectivity index (χ2v) is 15.2. The highest BCUT2D eigenvalue weighted by Crippen LogP contribution is 2.75. The molecule has 3 N–H and O–H groups in total. The van der Waals surface area contributed by atoms with Gasteiger partial charge in [-0.2, -0.15) is 0 Å². The molecule has 5 aliphatic rings. The number of fused-ring (bicyclic) bond motifs is 7. The van der Waals surface area contributed by atoms with Crippen LogP contribution < -0.4 is 0 Å². The van der Waals surface area contributed by atoms with Crippen molar-refractivity contribution in [2.75, 3.05) is 0 Å². The monoisotopic (exact) mass is 472 g/mol. The third-order valence-electron chi connectivity index (χ3n) is 13.0. The molecule has 0 bridgehead atoms. The normalized spacial score (nSPS) is 53.4. The van der Waals surface area contributed by atoms with Gasteiger partial charge in [0.15, 0.2) is 0 Å². The van der Waals surface area contributed by atoms with Crippen molar-refractivity contribution in [1.29, 1.82) is 0 Å². The summed E-state index contributed by atoms with van der Waals surface area (Å²) in [6, 6.07) is 0. The van der Waals surface area contributed by atoms with Gasteiger partial charge in [-0.05, 0) is 103 Å². The lowest BCUT2D eigenvalue weighted by Gasteiger charge is -2.71. The molecule has 9 atom stereocenters. The maximum absolute atomic E-state index is 12.8. The highest BCUT2D eigenvalue weighted by molar-refractivity contribution is 5.76. The summed E-state index contributed by atoms with van der Waals surface area (Å²) in [5.74, 6) is 0.365. The fraction of sp³-hybridized carbons (Fsp3) is 0.900. The molecule has 5 aliphatic carbocycles. The Labute approximate surface area is 206 Å². The molecule has 4 fully saturated rings. The van der Waals surface area contributed by atoms with E-state index >= 15 is 0 Å². The SMILES string of the molecule is CC1(C)CC[C@]2(C(=O)O)CC[C@]3(C)C(=CC[C@@H]4[C@@]5(C)C[C@H](O)[C@@H](O)C(C)(C)[C@@H]5CC[C@]43C)[C@H]2C1. The molecule has 0 heterocycles. The third-order valence-corrected chi connectivity index (χ3v) is 13.0. The van der Waals surface area contributed by atoms with Crippen molar-refractivity contribution in [1.82, 2.24) is 0 Å². The summed E-state index contributed by atoms with van der Waals surface area (Å²) < 4.78 is 0. The van der Waals surface area contributed by atoms with Crippen LogP contribution in [0.25, 0.3) is 0 Å². The zero-order valence-corrected chi connectivity index (χ0v) is 22.6. The van der Waals surface area contributed by atoms with Crippen molar-refractivity contribution in [3.8, 4) is 0 Å². The fourth-order valence-corrected chi connectivity index (χ4v) is 10.8. The molecule has 4 saturated carbocycles. The third kappa shape index (κ3) is 2.88. The van der Waals surface area contributed by atoms with E-state index in [0.717, 1.165) is 51.4 Å². The Hall–Kier alpha value is -0.870. The molecule has 0 aromatic rings. The first-order chi connectivity index (χ1) is 15.6. The van der Waals surface area contributed by atoms with Crippen LogP contribution in [0.5, 0.6) is 0 Å². The molecule has 0 spiro atoms. The Morgan fingerprint density at radius 3 is 2.18 bits per heavy atom. The van der Waals surface area contributed by atoms with E-state index in [1.165, 1.54) is 5.57 Å². The molecule has 0 amide bonds. The number of aliphatic carboxylic acids is 1. The predicted octanol–water partition coefficient (Wildman–Crippen LogP) is 6.20. The van der Waals surface area contributed by atoms with Gasteiger partial charge in [-0.15, -0.1) is 0 Å². The average Bonchev–Trinajstić information content (AvgIpc) is 2.72. The largest absolute Gasteiger partial charge is 0.481 e. The molecule has 0 aromatic heterocycles. The molecule has 4 heteroatoms. The zero-order chi connectivity index (χ0) is 25.1. The van der Waals surface area contributed by atoms with Crippen LogP contribution in [-0.2, 0) is 4.79 Å². The Balaban J connectivity index is 1.61. The Morgan fingerprint density at radius 2 is 1.53 bits per heavy atom. The summed E-state index contributed by atoms with van der Waals surface area (Å²) in [4.78, 5) is 12.8. The van der Waals surface area contributed by atoms with Crippen molar-refractivity contribution in [2.24, 2.45) is 50.2 Å². The highest BCUT2D eigenvalue weighted by atomic mass is 16.4. The number of allylic oxidation sites excluding steroid dienone is 2. The Kier molecular flexibility index (Phi) is 5.20. The molecule has 4 nitrogen and oxygen atoms in total. The number of hydrogen-bond acceptors (Lipinski definition) is 3. The Morgan fingerprint density at radius 1 is 0.882 bits per heavy atom. The van der Waals surface area contributed by atoms with Gasteiger partial charge in [0.2, 0.25) is 0 Å². The smallest absolute Gasteiger partial charge is 0.310 e. The van der Waals surface area contributed by atoms with Gasteiger partial charge in [-0.25, -0.2) is 0 Å². The van der Waals surface area contributed by atoms with Gasteiger partial charge in [0.25, 0.3) is 0 Å². The van der Waals surface area contributed by atoms with Crippen LogP contribution in [0.1, 0.15) is 106 Å². The topological polar surface area (TPSA) is 77.8 Å². The lowest BCUT2D eigenvalue weighted by molar-refractivity contribution is -0.231. The minimum atomic E-state index is -0.679. The van der Waals surface area contributed by atoms with Crippen molar-refractivity contribution in [3.05, 3.63) is 11.6 Å². The first kappa shape index (κ1) is 24.8. The molecule has 0 radical (unpaired) electrons. The van der Waals surface area contributed by atoms with E-state index in [0.29, 0.717) is 18.3 Å². The Bertz CT molecular complexity index is 919. The van der Waals surface area contributed by atoms with E-state index in [-0.39, 0.29) is 33.0 Å². The van der Waals surface area contributed by atoms with Gasteiger partial charge >= 0.3 is 5.97 Å². The average molecular weight is 473 g/mol. The number of rotatable bonds is 1. The predicted molar refractivity (Wildman–Crippen MR) is 134 cm³/mol. The van der Waals surface area contributed by atoms with Gasteiger partial charge in [-0.1, -0.05) is 60.1 Å². The first-order valence-electron chi connectivity index (χ1n) is 13.9. The first-order valence-corrected chi connectivity index (χ1v) is 13.9. The zero-order valence-electron chi connectivity index (χ0n) is 22.6. The van der Waals surface area contributed by atoms with Crippen molar-refractivity contribution in [3.63, 3.8) is 0 Å². The number of carboxylic acids is 1. The van der Waals surface area contributed by atoms with Crippen LogP contribution >= 0.6 is 0 Å². The van der Waals surface area contributed by atoms with Crippen LogP contribution in [0.2, 0.25) is 0 Å². The van der Waals surface area contributed by atoms with Crippen molar-refractivity contribution >= 4 is 5.97 Å². The standard InChI is InChI=1S/C30H48O4/c1-25(2)12-14-30(24(33)34)15-13-28(6)18(19(30)16-25)8-9-22-27(5)17-20(31)23(32)26(3,4)21(27)10-11-29(22,28)7/h8,19-23,31-32H,9-17H2,1-7H3,(H,33,34)/t19-,20+,21+,22-,23-,27+,28-,29-,30+/m1/s1. The second-order valence-electron chi connectivity index (χ2n) is 15.2. The molecule has 0 saturated heterocycles. The summed E-state index contributed by atoms with van der Waals surface area (Å²) in [7, 11) is 0. The van der Waals surface area contributed by atoms with E-state index in [4.69, 9.17) is 0 Å². The van der Waals surface area contributed by atoms with Crippen LogP contribution in [-0.4, -0.2) is 33.5 Å². The maximum Gasteiger partial charge on any atom is 0.310 e. The van der Waals surface area contributed by atoms with Crippen LogP contribution in [0.3, 0.4) is 0 Å². The fourth-order valence-electron chi connectivity index (χ4n) is 10.8. The summed E-state index contributed by atoms with van der Waals surface area (Å²) in [6.07, 6.45) is 9.45. The number of carboxylic acid groups (broad SMARTS) is 1. The summed E-state index contributed by atoms with van der Waals surface area (Å²) >= 11 is 0. The lowest BCUT2D eigenvalue weighted by Crippen LogP contribution is -2.67. The quantitative estimate of drug-likeness (QED) is 0.397. The summed E-state index contributed by atoms with van der Waals surface area (Å²) in [5.41, 5.74) is 0.754. The highest BCUT2D eigenvalue weighted by Gasteiger charge is 2.70. The van der Waals surface area contributed by atoms with Gasteiger partial charge < -0.3 is 15.3 Å². The van der Waals surface area contributed by atoms with Crippen LogP contribution in [0.15, 0.2) is 11.6 Å². The minimum Gasteiger partial charge on any atom is -0.481 e. The number of aliphatic hydroxyl groups excluding tert-OH is 2. The summed E-state index contributed by atoms with van der Waals surface area (Å²) in [6.45, 7) is 16.3. The van der Waals surface area contributed by atoms with Crippen LogP contribution in [0, 0.1) is 50.2 Å². The molecule has 34 heavy (non-hydrogen) atoms. The molecule has 192 valence electrons. The van der Waals surface area contributed by atoms with Gasteiger partial charge in [0, 0.05) is 0 Å². The maximum atomic E-state index is 12.8. The van der Waals surface area contributed by atoms with Crippen molar-refractivity contribution in [2.45, 2.75) is 118 Å². The molecule has 0 unspecified atom stereocenters. The van der Waals surface area contributed by atoms with E-state index in [9.17, 15) is 20.1 Å². The van der Waals surface area contributed by atoms with Gasteiger partial charge in [0.05, 0.1) is 17.6 Å². The molecule has 0 aromatic carbocycles. The molecular formula is C30H48O4. The van der Waals surface area contributed by atoms with E-state index < -0.39 is 23.6 Å². The van der Waals surface area contributed by atoms with E-state index in [2.05, 4.69) is 54.5 Å². The number of hydrogen-bond donors (Lipinski definition) is 3. The second kappa shape index (κ2) is 7.12. The summed E-state index contributed by atoms with van der Waals surface area (Å²) in [5, 5.41) is 32.4. The van der Waals surface area contributed by atoms with E-state index in [1.807, 2.05) is 0 Å². The number of aliphatic hydroxyl groups is 2. The molecule has 0 aliphatic heterocycles. The van der Waals surface area contributed by atoms with Crippen molar-refractivity contribution < 1.29 is 20.1 Å². The van der Waals surface area contributed by atoms with Crippen LogP contribution in [0.4, 0.5) is 0 Å². The minimum absolute atomic E-state index is 0.00785. The molecule has 5 rings (SSSR count). The van der Waals surface area contributed by atoms with Gasteiger partial charge in [0.1, 0.15) is 0 Å². The number of carbonyl (C=O) groups is 1. The van der Waals surface area contributed by atoms with Gasteiger partial charge in [-0.3, -0.25) is 4.79 Å². The lowest BCUT2D eigenvalue weighted by atomic mass is 9.33. The molecular weight excluding hydrogens is 424 g/mol. The van der Waals surface area contributed by atoms with E-state index in [1.54, 1.807) is 0 Å².